The Morgan fingerprint density at radius 1 is 1.59 bits per heavy atom. The molecule has 96 valence electrons. The molecule has 0 saturated carbocycles. The number of esters is 1. The molecule has 17 heavy (non-hydrogen) atoms. The lowest BCUT2D eigenvalue weighted by molar-refractivity contribution is -0.140. The summed E-state index contributed by atoms with van der Waals surface area (Å²) in [6.07, 6.45) is 3.15. The third kappa shape index (κ3) is 4.13. The van der Waals surface area contributed by atoms with E-state index in [4.69, 9.17) is 0 Å². The van der Waals surface area contributed by atoms with Gasteiger partial charge in [0.15, 0.2) is 0 Å². The van der Waals surface area contributed by atoms with Crippen molar-refractivity contribution in [3.63, 3.8) is 0 Å². The fourth-order valence-corrected chi connectivity index (χ4v) is 2.23. The number of methoxy groups -OCH3 is 1. The third-order valence-corrected chi connectivity index (χ3v) is 3.20. The quantitative estimate of drug-likeness (QED) is 0.416. The van der Waals surface area contributed by atoms with Crippen LogP contribution >= 0.6 is 0 Å². The number of unbranched alkanes of at least 4 members (excludes halogenated alkanes) is 1. The molecule has 0 aromatic carbocycles. The van der Waals surface area contributed by atoms with Crippen LogP contribution in [0.15, 0.2) is 0 Å². The van der Waals surface area contributed by atoms with Crippen LogP contribution in [0.5, 0.6) is 0 Å². The molecule has 0 aromatic rings. The van der Waals surface area contributed by atoms with Gasteiger partial charge in [-0.1, -0.05) is 6.42 Å². The molecule has 0 bridgehead atoms. The number of nitrogens with zero attached hydrogens (tertiary/aromatic N) is 1. The van der Waals surface area contributed by atoms with E-state index < -0.39 is 7.05 Å². The van der Waals surface area contributed by atoms with E-state index >= 15 is 0 Å². The van der Waals surface area contributed by atoms with Crippen LogP contribution in [0.4, 0.5) is 0 Å². The molecule has 1 rings (SSSR count). The maximum Gasteiger partial charge on any atom is 0.377 e. The standard InChI is InChI=1S/C11H20BNO4/c1-12(16)13-8-7-10(14)9(13)5-3-4-6-11(15)17-2/h9,16H,3-8H2,1-2H3/t9-/m0/s1. The first-order valence-corrected chi connectivity index (χ1v) is 6.09. The van der Waals surface area contributed by atoms with Gasteiger partial charge < -0.3 is 14.6 Å². The zero-order chi connectivity index (χ0) is 12.8. The highest BCUT2D eigenvalue weighted by Crippen LogP contribution is 2.20. The van der Waals surface area contributed by atoms with E-state index in [0.29, 0.717) is 25.8 Å². The minimum atomic E-state index is -0.577. The smallest absolute Gasteiger partial charge is 0.377 e. The number of rotatable bonds is 6. The van der Waals surface area contributed by atoms with E-state index in [0.717, 1.165) is 12.8 Å². The van der Waals surface area contributed by atoms with Crippen LogP contribution in [0.1, 0.15) is 32.1 Å². The van der Waals surface area contributed by atoms with Crippen LogP contribution in [0.3, 0.4) is 0 Å². The molecule has 1 heterocycles. The summed E-state index contributed by atoms with van der Waals surface area (Å²) in [5.74, 6) is -0.0147. The second-order valence-electron chi connectivity index (χ2n) is 4.42. The maximum absolute atomic E-state index is 11.6. The van der Waals surface area contributed by atoms with Crippen LogP contribution in [0, 0.1) is 0 Å². The van der Waals surface area contributed by atoms with Crippen molar-refractivity contribution >= 4 is 18.8 Å². The molecule has 1 aliphatic heterocycles. The molecular formula is C11H20BNO4. The van der Waals surface area contributed by atoms with E-state index in [9.17, 15) is 14.6 Å². The van der Waals surface area contributed by atoms with E-state index in [2.05, 4.69) is 4.74 Å². The van der Waals surface area contributed by atoms with Gasteiger partial charge in [0.2, 0.25) is 0 Å². The number of Topliss-reactive ketones (excluding diaryl/α,β-unsaturated/α-hetero) is 1. The fourth-order valence-electron chi connectivity index (χ4n) is 2.23. The molecule has 1 saturated heterocycles. The zero-order valence-electron chi connectivity index (χ0n) is 10.5. The summed E-state index contributed by atoms with van der Waals surface area (Å²) in [5.41, 5.74) is 0. The number of carbonyl (C=O) groups is 2. The monoisotopic (exact) mass is 241 g/mol. The van der Waals surface area contributed by atoms with Crippen LogP contribution in [-0.2, 0) is 14.3 Å². The van der Waals surface area contributed by atoms with Crippen molar-refractivity contribution in [1.29, 1.82) is 0 Å². The Morgan fingerprint density at radius 2 is 2.29 bits per heavy atom. The third-order valence-electron chi connectivity index (χ3n) is 3.20. The predicted octanol–water partition coefficient (Wildman–Crippen LogP) is 0.473. The van der Waals surface area contributed by atoms with Crippen LogP contribution in [0.25, 0.3) is 0 Å². The molecule has 0 aliphatic carbocycles. The van der Waals surface area contributed by atoms with E-state index in [1.165, 1.54) is 7.11 Å². The highest BCUT2D eigenvalue weighted by molar-refractivity contribution is 6.46. The van der Waals surface area contributed by atoms with Gasteiger partial charge in [0.05, 0.1) is 13.2 Å². The van der Waals surface area contributed by atoms with Crippen LogP contribution in [-0.4, -0.2) is 48.3 Å². The Kier molecular flexibility index (Phi) is 5.64. The van der Waals surface area contributed by atoms with Gasteiger partial charge in [0, 0.05) is 12.8 Å². The topological polar surface area (TPSA) is 66.8 Å². The molecular weight excluding hydrogens is 221 g/mol. The van der Waals surface area contributed by atoms with Crippen molar-refractivity contribution in [2.45, 2.75) is 45.0 Å². The maximum atomic E-state index is 11.6. The van der Waals surface area contributed by atoms with E-state index in [-0.39, 0.29) is 17.8 Å². The molecule has 0 amide bonds. The minimum absolute atomic E-state index is 0.173. The van der Waals surface area contributed by atoms with Crippen molar-refractivity contribution in [3.05, 3.63) is 0 Å². The number of carbonyl (C=O) groups excluding carboxylic acids is 2. The Balaban J connectivity index is 2.29. The molecule has 0 aromatic heterocycles. The number of hydrogen-bond acceptors (Lipinski definition) is 5. The van der Waals surface area contributed by atoms with E-state index in [1.807, 2.05) is 4.81 Å². The summed E-state index contributed by atoms with van der Waals surface area (Å²) in [5, 5.41) is 9.52. The van der Waals surface area contributed by atoms with Crippen LogP contribution in [0.2, 0.25) is 6.82 Å². The number of ether oxygens (including phenoxy) is 1. The molecule has 1 atom stereocenters. The average molecular weight is 241 g/mol. The number of hydrogen-bond donors (Lipinski definition) is 1. The first-order valence-electron chi connectivity index (χ1n) is 6.09. The Bertz CT molecular complexity index is 283. The van der Waals surface area contributed by atoms with Crippen molar-refractivity contribution in [1.82, 2.24) is 4.81 Å². The normalized spacial score (nSPS) is 20.6. The predicted molar refractivity (Wildman–Crippen MR) is 64.4 cm³/mol. The van der Waals surface area contributed by atoms with Gasteiger partial charge in [-0.3, -0.25) is 9.59 Å². The highest BCUT2D eigenvalue weighted by Gasteiger charge is 2.35. The second kappa shape index (κ2) is 6.76. The van der Waals surface area contributed by atoms with Crippen LogP contribution < -0.4 is 0 Å². The molecule has 5 nitrogen and oxygen atoms in total. The fraction of sp³-hybridized carbons (Fsp3) is 0.818. The van der Waals surface area contributed by atoms with Crippen molar-refractivity contribution < 1.29 is 19.3 Å². The Morgan fingerprint density at radius 3 is 2.88 bits per heavy atom. The van der Waals surface area contributed by atoms with Crippen molar-refractivity contribution in [3.8, 4) is 0 Å². The molecule has 0 unspecified atom stereocenters. The molecule has 1 N–H and O–H groups in total. The average Bonchev–Trinajstić information content (AvgIpc) is 2.66. The largest absolute Gasteiger partial charge is 0.469 e. The van der Waals surface area contributed by atoms with E-state index in [1.54, 1.807) is 6.82 Å². The van der Waals surface area contributed by atoms with Gasteiger partial charge >= 0.3 is 13.0 Å². The SMILES string of the molecule is COC(=O)CCCC[C@H]1C(=O)CCN1B(C)O. The first kappa shape index (κ1) is 14.2. The number of ketones is 1. The summed E-state index contributed by atoms with van der Waals surface area (Å²) in [4.78, 5) is 24.4. The molecule has 0 spiro atoms. The van der Waals surface area contributed by atoms with Gasteiger partial charge in [-0.15, -0.1) is 0 Å². The first-order chi connectivity index (χ1) is 8.06. The lowest BCUT2D eigenvalue weighted by atomic mass is 9.83. The zero-order valence-corrected chi connectivity index (χ0v) is 10.5. The van der Waals surface area contributed by atoms with Gasteiger partial charge in [0.25, 0.3) is 0 Å². The summed E-state index contributed by atoms with van der Waals surface area (Å²) in [6.45, 7) is 2.32. The molecule has 1 aliphatic rings. The summed E-state index contributed by atoms with van der Waals surface area (Å²) in [6, 6.07) is -0.173. The Hall–Kier alpha value is -0.875. The molecule has 1 fully saturated rings. The van der Waals surface area contributed by atoms with Crippen molar-refractivity contribution in [2.24, 2.45) is 0 Å². The summed E-state index contributed by atoms with van der Waals surface area (Å²) < 4.78 is 4.55. The lowest BCUT2D eigenvalue weighted by Gasteiger charge is -2.23. The molecule has 6 heteroatoms. The highest BCUT2D eigenvalue weighted by atomic mass is 16.5. The van der Waals surface area contributed by atoms with Gasteiger partial charge in [-0.05, 0) is 26.2 Å². The lowest BCUT2D eigenvalue weighted by Crippen LogP contribution is -2.42. The summed E-state index contributed by atoms with van der Waals surface area (Å²) >= 11 is 0. The Labute approximate surface area is 102 Å². The second-order valence-corrected chi connectivity index (χ2v) is 4.42. The minimum Gasteiger partial charge on any atom is -0.469 e. The molecule has 0 radical (unpaired) electrons. The van der Waals surface area contributed by atoms with Gasteiger partial charge in [-0.25, -0.2) is 0 Å². The van der Waals surface area contributed by atoms with Crippen molar-refractivity contribution in [2.75, 3.05) is 13.7 Å². The van der Waals surface area contributed by atoms with Gasteiger partial charge in [-0.2, -0.15) is 0 Å². The van der Waals surface area contributed by atoms with Gasteiger partial charge in [0.1, 0.15) is 5.78 Å². The summed E-state index contributed by atoms with van der Waals surface area (Å²) in [7, 11) is 0.796.